The van der Waals surface area contributed by atoms with Crippen LogP contribution in [0.3, 0.4) is 0 Å². The molecule has 1 heterocycles. The molecule has 1 aliphatic heterocycles. The lowest BCUT2D eigenvalue weighted by Crippen LogP contribution is -2.22. The van der Waals surface area contributed by atoms with Crippen molar-refractivity contribution in [3.05, 3.63) is 64.1 Å². The SMILES string of the molecule is Brc1ccc(NC2OCCc3ccccc32)cc1. The average Bonchev–Trinajstić information content (AvgIpc) is 2.42. The first-order valence-corrected chi connectivity index (χ1v) is 6.84. The molecular weight excluding hydrogens is 290 g/mol. The number of anilines is 1. The Morgan fingerprint density at radius 1 is 1.06 bits per heavy atom. The van der Waals surface area contributed by atoms with Crippen LogP contribution in [0.1, 0.15) is 17.4 Å². The van der Waals surface area contributed by atoms with Gasteiger partial charge in [-0.3, -0.25) is 0 Å². The molecule has 0 amide bonds. The fraction of sp³-hybridized carbons (Fsp3) is 0.200. The normalized spacial score (nSPS) is 18.2. The zero-order chi connectivity index (χ0) is 12.4. The summed E-state index contributed by atoms with van der Waals surface area (Å²) in [6, 6.07) is 16.6. The number of hydrogen-bond acceptors (Lipinski definition) is 2. The summed E-state index contributed by atoms with van der Waals surface area (Å²) in [4.78, 5) is 0. The van der Waals surface area contributed by atoms with E-state index >= 15 is 0 Å². The van der Waals surface area contributed by atoms with Crippen LogP contribution in [0.4, 0.5) is 5.69 Å². The van der Waals surface area contributed by atoms with Crippen LogP contribution in [-0.2, 0) is 11.2 Å². The van der Waals surface area contributed by atoms with Gasteiger partial charge in [-0.1, -0.05) is 40.2 Å². The van der Waals surface area contributed by atoms with E-state index in [2.05, 4.69) is 45.5 Å². The summed E-state index contributed by atoms with van der Waals surface area (Å²) in [6.45, 7) is 0.769. The minimum Gasteiger partial charge on any atom is -0.356 e. The molecule has 0 aromatic heterocycles. The molecular formula is C15H14BrNO. The first-order valence-electron chi connectivity index (χ1n) is 6.04. The molecule has 0 saturated carbocycles. The van der Waals surface area contributed by atoms with Gasteiger partial charge in [-0.05, 0) is 36.2 Å². The lowest BCUT2D eigenvalue weighted by atomic mass is 10.0. The molecule has 2 aromatic carbocycles. The van der Waals surface area contributed by atoms with Crippen molar-refractivity contribution in [2.45, 2.75) is 12.6 Å². The van der Waals surface area contributed by atoms with Crippen LogP contribution in [0.15, 0.2) is 53.0 Å². The van der Waals surface area contributed by atoms with Gasteiger partial charge in [0, 0.05) is 15.7 Å². The van der Waals surface area contributed by atoms with Crippen molar-refractivity contribution in [1.82, 2.24) is 0 Å². The topological polar surface area (TPSA) is 21.3 Å². The maximum absolute atomic E-state index is 5.82. The van der Waals surface area contributed by atoms with Gasteiger partial charge in [0.15, 0.2) is 6.23 Å². The number of rotatable bonds is 2. The van der Waals surface area contributed by atoms with Gasteiger partial charge in [-0.2, -0.15) is 0 Å². The second-order valence-electron chi connectivity index (χ2n) is 4.35. The predicted octanol–water partition coefficient (Wildman–Crippen LogP) is 4.13. The van der Waals surface area contributed by atoms with E-state index < -0.39 is 0 Å². The van der Waals surface area contributed by atoms with Crippen LogP contribution in [0.5, 0.6) is 0 Å². The van der Waals surface area contributed by atoms with Crippen molar-refractivity contribution in [3.8, 4) is 0 Å². The molecule has 1 N–H and O–H groups in total. The molecule has 3 rings (SSSR count). The second-order valence-corrected chi connectivity index (χ2v) is 5.27. The summed E-state index contributed by atoms with van der Waals surface area (Å²) in [5.41, 5.74) is 3.69. The monoisotopic (exact) mass is 303 g/mol. The molecule has 0 bridgehead atoms. The van der Waals surface area contributed by atoms with Gasteiger partial charge >= 0.3 is 0 Å². The molecule has 0 radical (unpaired) electrons. The third-order valence-electron chi connectivity index (χ3n) is 3.14. The van der Waals surface area contributed by atoms with E-state index in [1.165, 1.54) is 11.1 Å². The minimum atomic E-state index is -0.0453. The Balaban J connectivity index is 1.84. The standard InChI is InChI=1S/C15H14BrNO/c16-12-5-7-13(8-6-12)17-15-14-4-2-1-3-11(14)9-10-18-15/h1-8,15,17H,9-10H2. The van der Waals surface area contributed by atoms with E-state index in [0.717, 1.165) is 23.2 Å². The Kier molecular flexibility index (Phi) is 3.35. The lowest BCUT2D eigenvalue weighted by molar-refractivity contribution is 0.0618. The zero-order valence-corrected chi connectivity index (χ0v) is 11.5. The average molecular weight is 304 g/mol. The molecule has 0 fully saturated rings. The molecule has 3 heteroatoms. The highest BCUT2D eigenvalue weighted by Gasteiger charge is 2.19. The molecule has 92 valence electrons. The summed E-state index contributed by atoms with van der Waals surface area (Å²) in [5, 5.41) is 3.42. The molecule has 1 unspecified atom stereocenters. The smallest absolute Gasteiger partial charge is 0.154 e. The molecule has 18 heavy (non-hydrogen) atoms. The zero-order valence-electron chi connectivity index (χ0n) is 9.90. The van der Waals surface area contributed by atoms with E-state index in [1.54, 1.807) is 0 Å². The first-order chi connectivity index (χ1) is 8.83. The van der Waals surface area contributed by atoms with E-state index in [1.807, 2.05) is 24.3 Å². The number of fused-ring (bicyclic) bond motifs is 1. The van der Waals surface area contributed by atoms with Gasteiger partial charge in [0.25, 0.3) is 0 Å². The van der Waals surface area contributed by atoms with Crippen molar-refractivity contribution in [1.29, 1.82) is 0 Å². The largest absolute Gasteiger partial charge is 0.356 e. The highest BCUT2D eigenvalue weighted by atomic mass is 79.9. The summed E-state index contributed by atoms with van der Waals surface area (Å²) >= 11 is 3.44. The van der Waals surface area contributed by atoms with Crippen molar-refractivity contribution in [3.63, 3.8) is 0 Å². The van der Waals surface area contributed by atoms with Crippen molar-refractivity contribution in [2.24, 2.45) is 0 Å². The Bertz CT molecular complexity index is 538. The van der Waals surface area contributed by atoms with Gasteiger partial charge in [0.2, 0.25) is 0 Å². The molecule has 0 saturated heterocycles. The third-order valence-corrected chi connectivity index (χ3v) is 3.66. The van der Waals surface area contributed by atoms with Crippen LogP contribution in [0.2, 0.25) is 0 Å². The predicted molar refractivity (Wildman–Crippen MR) is 76.6 cm³/mol. The highest BCUT2D eigenvalue weighted by molar-refractivity contribution is 9.10. The number of nitrogens with one attached hydrogen (secondary N) is 1. The quantitative estimate of drug-likeness (QED) is 0.900. The molecule has 2 aromatic rings. The first kappa shape index (κ1) is 11.8. The van der Waals surface area contributed by atoms with Crippen molar-refractivity contribution >= 4 is 21.6 Å². The van der Waals surface area contributed by atoms with Crippen LogP contribution in [0, 0.1) is 0 Å². The van der Waals surface area contributed by atoms with E-state index in [0.29, 0.717) is 0 Å². The lowest BCUT2D eigenvalue weighted by Gasteiger charge is -2.27. The number of hydrogen-bond donors (Lipinski definition) is 1. The Hall–Kier alpha value is -1.32. The Morgan fingerprint density at radius 3 is 2.67 bits per heavy atom. The molecule has 1 atom stereocenters. The maximum Gasteiger partial charge on any atom is 0.154 e. The summed E-state index contributed by atoms with van der Waals surface area (Å²) in [7, 11) is 0. The van der Waals surface area contributed by atoms with Crippen LogP contribution in [-0.4, -0.2) is 6.61 Å². The van der Waals surface area contributed by atoms with E-state index in [-0.39, 0.29) is 6.23 Å². The maximum atomic E-state index is 5.82. The Morgan fingerprint density at radius 2 is 1.83 bits per heavy atom. The summed E-state index contributed by atoms with van der Waals surface area (Å²) in [5.74, 6) is 0. The molecule has 0 aliphatic carbocycles. The van der Waals surface area contributed by atoms with Gasteiger partial charge in [0.1, 0.15) is 0 Å². The third kappa shape index (κ3) is 2.42. The summed E-state index contributed by atoms with van der Waals surface area (Å²) < 4.78 is 6.90. The Labute approximate surface area is 115 Å². The van der Waals surface area contributed by atoms with Gasteiger partial charge in [-0.15, -0.1) is 0 Å². The molecule has 2 nitrogen and oxygen atoms in total. The molecule has 1 aliphatic rings. The van der Waals surface area contributed by atoms with Crippen LogP contribution >= 0.6 is 15.9 Å². The van der Waals surface area contributed by atoms with E-state index in [9.17, 15) is 0 Å². The molecule has 0 spiro atoms. The minimum absolute atomic E-state index is 0.0453. The fourth-order valence-corrected chi connectivity index (χ4v) is 2.48. The van der Waals surface area contributed by atoms with Crippen LogP contribution in [0.25, 0.3) is 0 Å². The van der Waals surface area contributed by atoms with Crippen molar-refractivity contribution < 1.29 is 4.74 Å². The van der Waals surface area contributed by atoms with Crippen LogP contribution < -0.4 is 5.32 Å². The van der Waals surface area contributed by atoms with Gasteiger partial charge in [0.05, 0.1) is 6.61 Å². The number of halogens is 1. The fourth-order valence-electron chi connectivity index (χ4n) is 2.21. The number of benzene rings is 2. The highest BCUT2D eigenvalue weighted by Crippen LogP contribution is 2.28. The summed E-state index contributed by atoms with van der Waals surface area (Å²) in [6.07, 6.45) is 0.949. The van der Waals surface area contributed by atoms with Gasteiger partial charge in [-0.25, -0.2) is 0 Å². The number of ether oxygens (including phenoxy) is 1. The second kappa shape index (κ2) is 5.12. The van der Waals surface area contributed by atoms with Gasteiger partial charge < -0.3 is 10.1 Å². The van der Waals surface area contributed by atoms with E-state index in [4.69, 9.17) is 4.74 Å². The van der Waals surface area contributed by atoms with Crippen molar-refractivity contribution in [2.75, 3.05) is 11.9 Å².